The molecule has 0 aliphatic rings. The molecule has 0 saturated carbocycles. The Morgan fingerprint density at radius 3 is 2.65 bits per heavy atom. The lowest BCUT2D eigenvalue weighted by atomic mass is 10.2. The van der Waals surface area contributed by atoms with E-state index < -0.39 is 0 Å². The summed E-state index contributed by atoms with van der Waals surface area (Å²) in [4.78, 5) is 30.5. The fraction of sp³-hybridized carbons (Fsp3) is 0.188. The highest BCUT2D eigenvalue weighted by Gasteiger charge is 2.16. The van der Waals surface area contributed by atoms with Crippen molar-refractivity contribution < 1.29 is 9.59 Å². The first-order valence-electron chi connectivity index (χ1n) is 6.81. The third-order valence-electron chi connectivity index (χ3n) is 3.08. The Morgan fingerprint density at radius 1 is 1.26 bits per heavy atom. The minimum Gasteiger partial charge on any atom is -0.332 e. The molecule has 0 radical (unpaired) electrons. The minimum atomic E-state index is -0.289. The molecule has 1 heterocycles. The molecule has 2 aromatic rings. The van der Waals surface area contributed by atoms with Gasteiger partial charge < -0.3 is 10.2 Å². The van der Waals surface area contributed by atoms with Gasteiger partial charge in [0.2, 0.25) is 5.91 Å². The number of amides is 2. The number of likely N-dealkylation sites (N-methyl/N-ethyl adjacent to an activating group) is 1. The molecule has 2 rings (SSSR count). The van der Waals surface area contributed by atoms with E-state index in [0.717, 1.165) is 10.6 Å². The van der Waals surface area contributed by atoms with Crippen LogP contribution >= 0.6 is 23.4 Å². The maximum atomic E-state index is 12.2. The van der Waals surface area contributed by atoms with Crippen LogP contribution in [-0.2, 0) is 4.79 Å². The summed E-state index contributed by atoms with van der Waals surface area (Å²) in [6.07, 6.45) is 3.33. The number of rotatable bonds is 5. The van der Waals surface area contributed by atoms with E-state index in [-0.39, 0.29) is 18.4 Å². The van der Waals surface area contributed by atoms with Crippen LogP contribution in [0.2, 0.25) is 5.15 Å². The van der Waals surface area contributed by atoms with Crippen LogP contribution in [-0.4, -0.2) is 41.5 Å². The van der Waals surface area contributed by atoms with Gasteiger partial charge in [0.15, 0.2) is 0 Å². The van der Waals surface area contributed by atoms with Crippen molar-refractivity contribution in [1.29, 1.82) is 0 Å². The van der Waals surface area contributed by atoms with E-state index >= 15 is 0 Å². The van der Waals surface area contributed by atoms with E-state index in [1.165, 1.54) is 17.2 Å². The number of hydrogen-bond acceptors (Lipinski definition) is 4. The predicted molar refractivity (Wildman–Crippen MR) is 93.1 cm³/mol. The van der Waals surface area contributed by atoms with E-state index in [0.29, 0.717) is 10.7 Å². The molecule has 0 spiro atoms. The average molecular weight is 350 g/mol. The maximum Gasteiger partial charge on any atom is 0.255 e. The van der Waals surface area contributed by atoms with Gasteiger partial charge in [-0.1, -0.05) is 23.7 Å². The fourth-order valence-electron chi connectivity index (χ4n) is 1.95. The molecule has 0 aliphatic carbocycles. The van der Waals surface area contributed by atoms with Gasteiger partial charge in [-0.2, -0.15) is 0 Å². The summed E-state index contributed by atoms with van der Waals surface area (Å²) in [5, 5.41) is 3.13. The van der Waals surface area contributed by atoms with Crippen LogP contribution in [0.3, 0.4) is 0 Å². The molecule has 0 aliphatic heterocycles. The molecule has 120 valence electrons. The topological polar surface area (TPSA) is 62.3 Å². The third-order valence-corrected chi connectivity index (χ3v) is 4.10. The van der Waals surface area contributed by atoms with Crippen molar-refractivity contribution in [2.45, 2.75) is 4.90 Å². The second kappa shape index (κ2) is 7.99. The zero-order valence-electron chi connectivity index (χ0n) is 12.7. The second-order valence-corrected chi connectivity index (χ2v) is 6.01. The second-order valence-electron chi connectivity index (χ2n) is 4.78. The first-order valence-corrected chi connectivity index (χ1v) is 8.41. The number of halogens is 1. The highest BCUT2D eigenvalue weighted by atomic mass is 35.5. The van der Waals surface area contributed by atoms with Crippen molar-refractivity contribution >= 4 is 40.9 Å². The SMILES string of the molecule is CSc1ccccc1NC(=O)CN(C)C(=O)c1ccc(Cl)nc1. The van der Waals surface area contributed by atoms with Gasteiger partial charge in [-0.05, 0) is 30.5 Å². The number of nitrogens with zero attached hydrogens (tertiary/aromatic N) is 2. The molecule has 0 fully saturated rings. The number of thioether (sulfide) groups is 1. The van der Waals surface area contributed by atoms with Gasteiger partial charge in [0.25, 0.3) is 5.91 Å². The van der Waals surface area contributed by atoms with E-state index in [1.807, 2.05) is 30.5 Å². The molecule has 5 nitrogen and oxygen atoms in total. The van der Waals surface area contributed by atoms with Crippen LogP contribution in [0.25, 0.3) is 0 Å². The van der Waals surface area contributed by atoms with Gasteiger partial charge in [0.1, 0.15) is 5.15 Å². The predicted octanol–water partition coefficient (Wildman–Crippen LogP) is 3.17. The van der Waals surface area contributed by atoms with Crippen LogP contribution < -0.4 is 5.32 Å². The molecular formula is C16H16ClN3O2S. The van der Waals surface area contributed by atoms with Crippen molar-refractivity contribution in [3.63, 3.8) is 0 Å². The molecule has 1 N–H and O–H groups in total. The molecule has 1 aromatic carbocycles. The lowest BCUT2D eigenvalue weighted by Gasteiger charge is -2.17. The number of hydrogen-bond donors (Lipinski definition) is 1. The molecule has 7 heteroatoms. The molecule has 0 saturated heterocycles. The van der Waals surface area contributed by atoms with Crippen LogP contribution in [0.1, 0.15) is 10.4 Å². The number of carbonyl (C=O) groups is 2. The third kappa shape index (κ3) is 4.71. The van der Waals surface area contributed by atoms with E-state index in [2.05, 4.69) is 10.3 Å². The quantitative estimate of drug-likeness (QED) is 0.665. The zero-order chi connectivity index (χ0) is 16.8. The number of para-hydroxylation sites is 1. The van der Waals surface area contributed by atoms with Crippen LogP contribution in [0.5, 0.6) is 0 Å². The molecule has 1 aromatic heterocycles. The van der Waals surface area contributed by atoms with Crippen LogP contribution in [0, 0.1) is 0 Å². The summed E-state index contributed by atoms with van der Waals surface area (Å²) in [5.41, 5.74) is 1.12. The summed E-state index contributed by atoms with van der Waals surface area (Å²) in [6, 6.07) is 10.6. The van der Waals surface area contributed by atoms with E-state index in [1.54, 1.807) is 24.9 Å². The Hall–Kier alpha value is -2.05. The number of nitrogens with one attached hydrogen (secondary N) is 1. The molecule has 2 amide bonds. The number of pyridine rings is 1. The standard InChI is InChI=1S/C16H16ClN3O2S/c1-20(16(22)11-7-8-14(17)18-9-11)10-15(21)19-12-5-3-4-6-13(12)23-2/h3-9H,10H2,1-2H3,(H,19,21). The Kier molecular flexibility index (Phi) is 6.01. The van der Waals surface area contributed by atoms with Crippen LogP contribution in [0.15, 0.2) is 47.5 Å². The Balaban J connectivity index is 1.99. The minimum absolute atomic E-state index is 0.0514. The van der Waals surface area contributed by atoms with Crippen molar-refractivity contribution in [1.82, 2.24) is 9.88 Å². The van der Waals surface area contributed by atoms with Gasteiger partial charge in [0, 0.05) is 18.1 Å². The molecule has 0 bridgehead atoms. The molecule has 23 heavy (non-hydrogen) atoms. The first kappa shape index (κ1) is 17.3. The number of aromatic nitrogens is 1. The van der Waals surface area contributed by atoms with Crippen molar-refractivity contribution in [2.75, 3.05) is 25.2 Å². The number of benzene rings is 1. The monoisotopic (exact) mass is 349 g/mol. The summed E-state index contributed by atoms with van der Waals surface area (Å²) in [5.74, 6) is -0.549. The largest absolute Gasteiger partial charge is 0.332 e. The smallest absolute Gasteiger partial charge is 0.255 e. The zero-order valence-corrected chi connectivity index (χ0v) is 14.3. The molecular weight excluding hydrogens is 334 g/mol. The van der Waals surface area contributed by atoms with Crippen molar-refractivity contribution in [3.05, 3.63) is 53.3 Å². The number of carbonyl (C=O) groups excluding carboxylic acids is 2. The lowest BCUT2D eigenvalue weighted by molar-refractivity contribution is -0.116. The molecule has 0 unspecified atom stereocenters. The van der Waals surface area contributed by atoms with Crippen molar-refractivity contribution in [3.8, 4) is 0 Å². The Bertz CT molecular complexity index is 707. The Labute approximate surface area is 144 Å². The van der Waals surface area contributed by atoms with Crippen molar-refractivity contribution in [2.24, 2.45) is 0 Å². The van der Waals surface area contributed by atoms with E-state index in [9.17, 15) is 9.59 Å². The van der Waals surface area contributed by atoms with Gasteiger partial charge in [0.05, 0.1) is 17.8 Å². The summed E-state index contributed by atoms with van der Waals surface area (Å²) in [6.45, 7) is -0.0514. The summed E-state index contributed by atoms with van der Waals surface area (Å²) < 4.78 is 0. The number of anilines is 1. The average Bonchev–Trinajstić information content (AvgIpc) is 2.55. The van der Waals surface area contributed by atoms with Gasteiger partial charge in [-0.25, -0.2) is 4.98 Å². The highest BCUT2D eigenvalue weighted by molar-refractivity contribution is 7.98. The highest BCUT2D eigenvalue weighted by Crippen LogP contribution is 2.24. The first-order chi connectivity index (χ1) is 11.0. The summed E-state index contributed by atoms with van der Waals surface area (Å²) in [7, 11) is 1.57. The Morgan fingerprint density at radius 2 is 2.00 bits per heavy atom. The maximum absolute atomic E-state index is 12.2. The van der Waals surface area contributed by atoms with Gasteiger partial charge in [-0.15, -0.1) is 11.8 Å². The lowest BCUT2D eigenvalue weighted by Crippen LogP contribution is -2.35. The summed E-state index contributed by atoms with van der Waals surface area (Å²) >= 11 is 7.24. The van der Waals surface area contributed by atoms with Crippen LogP contribution in [0.4, 0.5) is 5.69 Å². The fourth-order valence-corrected chi connectivity index (χ4v) is 2.61. The van der Waals surface area contributed by atoms with Gasteiger partial charge in [-0.3, -0.25) is 9.59 Å². The molecule has 0 atom stereocenters. The van der Waals surface area contributed by atoms with E-state index in [4.69, 9.17) is 11.6 Å². The normalized spacial score (nSPS) is 10.2. The van der Waals surface area contributed by atoms with Gasteiger partial charge >= 0.3 is 0 Å².